The van der Waals surface area contributed by atoms with Crippen LogP contribution in [0.1, 0.15) is 40.6 Å². The number of hydrogen-bond acceptors (Lipinski definition) is 6. The van der Waals surface area contributed by atoms with Crippen LogP contribution < -0.4 is 10.1 Å². The van der Waals surface area contributed by atoms with Crippen molar-refractivity contribution in [3.63, 3.8) is 0 Å². The molecule has 1 N–H and O–H groups in total. The predicted molar refractivity (Wildman–Crippen MR) is 95.8 cm³/mol. The van der Waals surface area contributed by atoms with Crippen LogP contribution in [0, 0.1) is 12.7 Å². The van der Waals surface area contributed by atoms with Crippen LogP contribution in [0.25, 0.3) is 0 Å². The van der Waals surface area contributed by atoms with E-state index in [0.29, 0.717) is 27.9 Å². The Morgan fingerprint density at radius 1 is 1.31 bits per heavy atom. The summed E-state index contributed by atoms with van der Waals surface area (Å²) in [6, 6.07) is 5.63. The quantitative estimate of drug-likeness (QED) is 0.712. The summed E-state index contributed by atoms with van der Waals surface area (Å²) in [5.41, 5.74) is 0.513. The first kappa shape index (κ1) is 19.8. The van der Waals surface area contributed by atoms with E-state index in [-0.39, 0.29) is 18.3 Å². The van der Waals surface area contributed by atoms with Crippen LogP contribution in [0.15, 0.2) is 24.3 Å². The Kier molecular flexibility index (Phi) is 7.08. The standard InChI is InChI=1S/C18H21FN2O4S/c1-4-9-20-17(22)12(3)25-18(23)16-11(2)21-15(26-16)10-24-14-7-5-13(19)6-8-14/h5-8,12H,4,9-10H2,1-3H3,(H,20,22). The number of amides is 1. The minimum atomic E-state index is -0.880. The summed E-state index contributed by atoms with van der Waals surface area (Å²) in [4.78, 5) is 28.7. The summed E-state index contributed by atoms with van der Waals surface area (Å²) in [5, 5.41) is 3.26. The molecule has 1 unspecified atom stereocenters. The average Bonchev–Trinajstić information content (AvgIpc) is 3.00. The lowest BCUT2D eigenvalue weighted by molar-refractivity contribution is -0.129. The van der Waals surface area contributed by atoms with Crippen LogP contribution in [0.5, 0.6) is 5.75 Å². The monoisotopic (exact) mass is 380 g/mol. The molecule has 0 spiro atoms. The van der Waals surface area contributed by atoms with Crippen molar-refractivity contribution in [2.75, 3.05) is 6.54 Å². The normalized spacial score (nSPS) is 11.7. The van der Waals surface area contributed by atoms with Crippen LogP contribution >= 0.6 is 11.3 Å². The maximum absolute atomic E-state index is 12.9. The third-order valence-corrected chi connectivity index (χ3v) is 4.52. The highest BCUT2D eigenvalue weighted by Crippen LogP contribution is 2.22. The van der Waals surface area contributed by atoms with Crippen LogP contribution in [0.4, 0.5) is 4.39 Å². The van der Waals surface area contributed by atoms with Crippen molar-refractivity contribution >= 4 is 23.2 Å². The van der Waals surface area contributed by atoms with Crippen molar-refractivity contribution in [1.29, 1.82) is 0 Å². The van der Waals surface area contributed by atoms with Crippen molar-refractivity contribution in [2.45, 2.75) is 39.9 Å². The number of hydrogen-bond donors (Lipinski definition) is 1. The highest BCUT2D eigenvalue weighted by Gasteiger charge is 2.22. The van der Waals surface area contributed by atoms with Gasteiger partial charge in [-0.1, -0.05) is 6.92 Å². The smallest absolute Gasteiger partial charge is 0.351 e. The fourth-order valence-corrected chi connectivity index (χ4v) is 2.90. The van der Waals surface area contributed by atoms with Crippen molar-refractivity contribution in [3.8, 4) is 5.75 Å². The molecule has 0 saturated heterocycles. The van der Waals surface area contributed by atoms with Gasteiger partial charge in [0.25, 0.3) is 5.91 Å². The second kappa shape index (κ2) is 9.28. The predicted octanol–water partition coefficient (Wildman–Crippen LogP) is 3.24. The molecule has 6 nitrogen and oxygen atoms in total. The van der Waals surface area contributed by atoms with E-state index in [4.69, 9.17) is 9.47 Å². The Morgan fingerprint density at radius 2 is 2.00 bits per heavy atom. The summed E-state index contributed by atoms with van der Waals surface area (Å²) >= 11 is 1.15. The van der Waals surface area contributed by atoms with E-state index < -0.39 is 12.1 Å². The lowest BCUT2D eigenvalue weighted by atomic mass is 10.3. The number of aryl methyl sites for hydroxylation is 1. The SMILES string of the molecule is CCCNC(=O)C(C)OC(=O)c1sc(COc2ccc(F)cc2)nc1C. The minimum Gasteiger partial charge on any atom is -0.486 e. The van der Waals surface area contributed by atoms with E-state index in [1.54, 1.807) is 6.92 Å². The van der Waals surface area contributed by atoms with Gasteiger partial charge in [0.2, 0.25) is 0 Å². The number of rotatable bonds is 8. The van der Waals surface area contributed by atoms with Crippen LogP contribution in [0.3, 0.4) is 0 Å². The number of carbonyl (C=O) groups is 2. The molecule has 1 aromatic heterocycles. The second-order valence-electron chi connectivity index (χ2n) is 5.60. The van der Waals surface area contributed by atoms with Crippen molar-refractivity contribution in [2.24, 2.45) is 0 Å². The molecule has 8 heteroatoms. The molecule has 0 bridgehead atoms. The van der Waals surface area contributed by atoms with Gasteiger partial charge in [0.1, 0.15) is 28.1 Å². The van der Waals surface area contributed by atoms with Crippen LogP contribution in [-0.2, 0) is 16.1 Å². The van der Waals surface area contributed by atoms with Crippen molar-refractivity contribution in [1.82, 2.24) is 10.3 Å². The van der Waals surface area contributed by atoms with E-state index in [1.807, 2.05) is 6.92 Å². The molecule has 0 fully saturated rings. The Balaban J connectivity index is 1.94. The number of carbonyl (C=O) groups excluding carboxylic acids is 2. The zero-order chi connectivity index (χ0) is 19.1. The van der Waals surface area contributed by atoms with E-state index in [1.165, 1.54) is 31.2 Å². The van der Waals surface area contributed by atoms with Crippen LogP contribution in [0.2, 0.25) is 0 Å². The topological polar surface area (TPSA) is 77.5 Å². The summed E-state index contributed by atoms with van der Waals surface area (Å²) in [7, 11) is 0. The summed E-state index contributed by atoms with van der Waals surface area (Å²) in [6.07, 6.45) is -0.0768. The number of ether oxygens (including phenoxy) is 2. The third-order valence-electron chi connectivity index (χ3n) is 3.40. The molecule has 2 aromatic rings. The van der Waals surface area contributed by atoms with Gasteiger partial charge in [-0.3, -0.25) is 4.79 Å². The van der Waals surface area contributed by atoms with E-state index in [2.05, 4.69) is 10.3 Å². The Bertz CT molecular complexity index is 761. The molecule has 140 valence electrons. The molecule has 0 aliphatic rings. The maximum Gasteiger partial charge on any atom is 0.351 e. The van der Waals surface area contributed by atoms with Crippen molar-refractivity contribution in [3.05, 3.63) is 45.7 Å². The summed E-state index contributed by atoms with van der Waals surface area (Å²) < 4.78 is 23.6. The van der Waals surface area contributed by atoms with Gasteiger partial charge in [0.05, 0.1) is 5.69 Å². The molecule has 2 rings (SSSR count). The van der Waals surface area contributed by atoms with Gasteiger partial charge in [-0.05, 0) is 44.5 Å². The zero-order valence-electron chi connectivity index (χ0n) is 14.9. The molecule has 0 radical (unpaired) electrons. The molecule has 1 heterocycles. The second-order valence-corrected chi connectivity index (χ2v) is 6.69. The first-order valence-electron chi connectivity index (χ1n) is 8.24. The number of nitrogens with one attached hydrogen (secondary N) is 1. The fourth-order valence-electron chi connectivity index (χ4n) is 2.04. The number of thiazole rings is 1. The zero-order valence-corrected chi connectivity index (χ0v) is 15.7. The number of nitrogens with zero attached hydrogens (tertiary/aromatic N) is 1. The first-order chi connectivity index (χ1) is 12.4. The molecule has 0 aliphatic carbocycles. The van der Waals surface area contributed by atoms with Gasteiger partial charge in [-0.15, -0.1) is 11.3 Å². The Hall–Kier alpha value is -2.48. The van der Waals surface area contributed by atoms with Gasteiger partial charge in [0.15, 0.2) is 6.10 Å². The molecule has 1 amide bonds. The molecule has 0 aliphatic heterocycles. The minimum absolute atomic E-state index is 0.150. The average molecular weight is 380 g/mol. The lowest BCUT2D eigenvalue weighted by Crippen LogP contribution is -2.36. The number of halogens is 1. The summed E-state index contributed by atoms with van der Waals surface area (Å²) in [5.74, 6) is -0.761. The van der Waals surface area contributed by atoms with Gasteiger partial charge in [0, 0.05) is 6.54 Å². The van der Waals surface area contributed by atoms with E-state index in [9.17, 15) is 14.0 Å². The van der Waals surface area contributed by atoms with Gasteiger partial charge < -0.3 is 14.8 Å². The fraction of sp³-hybridized carbons (Fsp3) is 0.389. The molecule has 1 aromatic carbocycles. The van der Waals surface area contributed by atoms with Gasteiger partial charge in [-0.25, -0.2) is 14.2 Å². The molecule has 26 heavy (non-hydrogen) atoms. The van der Waals surface area contributed by atoms with E-state index in [0.717, 1.165) is 17.8 Å². The third kappa shape index (κ3) is 5.52. The number of benzene rings is 1. The Morgan fingerprint density at radius 3 is 2.65 bits per heavy atom. The molecular weight excluding hydrogens is 359 g/mol. The number of aromatic nitrogens is 1. The largest absolute Gasteiger partial charge is 0.486 e. The molecule has 1 atom stereocenters. The maximum atomic E-state index is 12.9. The summed E-state index contributed by atoms with van der Waals surface area (Å²) in [6.45, 7) is 5.84. The molecular formula is C18H21FN2O4S. The highest BCUT2D eigenvalue weighted by molar-refractivity contribution is 7.13. The van der Waals surface area contributed by atoms with Crippen molar-refractivity contribution < 1.29 is 23.5 Å². The van der Waals surface area contributed by atoms with Gasteiger partial charge in [-0.2, -0.15) is 0 Å². The molecule has 0 saturated carbocycles. The number of esters is 1. The van der Waals surface area contributed by atoms with E-state index >= 15 is 0 Å². The van der Waals surface area contributed by atoms with Gasteiger partial charge >= 0.3 is 5.97 Å². The van der Waals surface area contributed by atoms with Crippen LogP contribution in [-0.4, -0.2) is 29.5 Å². The Labute approximate surface area is 155 Å². The highest BCUT2D eigenvalue weighted by atomic mass is 32.1. The first-order valence-corrected chi connectivity index (χ1v) is 9.05. The lowest BCUT2D eigenvalue weighted by Gasteiger charge is -2.12.